The minimum Gasteiger partial charge on any atom is -0.393 e. The van der Waals surface area contributed by atoms with Crippen LogP contribution in [0.4, 0.5) is 24.9 Å². The molecule has 1 saturated heterocycles. The Labute approximate surface area is 207 Å². The minimum atomic E-state index is -4.27. The van der Waals surface area contributed by atoms with Crippen molar-refractivity contribution in [2.75, 3.05) is 36.5 Å². The van der Waals surface area contributed by atoms with Gasteiger partial charge in [-0.2, -0.15) is 13.2 Å². The highest BCUT2D eigenvalue weighted by molar-refractivity contribution is 5.82. The first-order valence-corrected chi connectivity index (χ1v) is 12.5. The number of alkyl halides is 3. The SMILES string of the molecule is C[C@@H](CC(F)(F)F)Nc1ncc2c(-c3ccnc(N4CCOCC4)c3)cc(C3CCC(O)CC3)n2n1. The summed E-state index contributed by atoms with van der Waals surface area (Å²) in [6.45, 7) is 4.34. The number of nitrogens with one attached hydrogen (secondary N) is 1. The summed E-state index contributed by atoms with van der Waals surface area (Å²) < 4.78 is 45.8. The summed E-state index contributed by atoms with van der Waals surface area (Å²) in [5, 5.41) is 17.4. The number of hydrogen-bond acceptors (Lipinski definition) is 7. The van der Waals surface area contributed by atoms with Gasteiger partial charge in [0.25, 0.3) is 0 Å². The molecule has 2 N–H and O–H groups in total. The number of morpholine rings is 1. The molecule has 8 nitrogen and oxygen atoms in total. The van der Waals surface area contributed by atoms with E-state index in [0.717, 1.165) is 54.1 Å². The maximum absolute atomic E-state index is 12.8. The lowest BCUT2D eigenvalue weighted by Gasteiger charge is -2.28. The van der Waals surface area contributed by atoms with Gasteiger partial charge in [-0.15, -0.1) is 5.10 Å². The van der Waals surface area contributed by atoms with Crippen LogP contribution in [-0.2, 0) is 4.74 Å². The average Bonchev–Trinajstić information content (AvgIpc) is 3.23. The van der Waals surface area contributed by atoms with E-state index in [0.29, 0.717) is 26.1 Å². The maximum atomic E-state index is 12.8. The normalized spacial score (nSPS) is 22.1. The first-order valence-electron chi connectivity index (χ1n) is 12.5. The molecule has 2 fully saturated rings. The van der Waals surface area contributed by atoms with Crippen molar-refractivity contribution >= 4 is 17.3 Å². The fraction of sp³-hybridized carbons (Fsp3) is 0.560. The van der Waals surface area contributed by atoms with Crippen LogP contribution < -0.4 is 10.2 Å². The molecule has 0 aromatic carbocycles. The number of halogens is 3. The molecule has 0 unspecified atom stereocenters. The standard InChI is InChI=1S/C25H31F3N6O2/c1-16(14-25(26,27)28)31-24-30-15-22-20(13-21(34(22)32-24)17-2-4-19(35)5-3-17)18-6-7-29-23(12-18)33-8-10-36-11-9-33/h6-7,12-13,15-17,19,35H,2-5,8-11,14H2,1H3,(H,31,32)/t16-,17?,19?/m0/s1. The number of rotatable bonds is 6. The van der Waals surface area contributed by atoms with Gasteiger partial charge in [0.05, 0.1) is 37.5 Å². The Morgan fingerprint density at radius 3 is 2.61 bits per heavy atom. The van der Waals surface area contributed by atoms with E-state index < -0.39 is 18.6 Å². The predicted molar refractivity (Wildman–Crippen MR) is 130 cm³/mol. The van der Waals surface area contributed by atoms with Gasteiger partial charge in [-0.05, 0) is 56.4 Å². The van der Waals surface area contributed by atoms with Crippen LogP contribution in [0.15, 0.2) is 30.6 Å². The second-order valence-electron chi connectivity index (χ2n) is 9.73. The van der Waals surface area contributed by atoms with Gasteiger partial charge < -0.3 is 20.1 Å². The summed E-state index contributed by atoms with van der Waals surface area (Å²) in [4.78, 5) is 11.1. The quantitative estimate of drug-likeness (QED) is 0.515. The van der Waals surface area contributed by atoms with Crippen molar-refractivity contribution in [3.05, 3.63) is 36.3 Å². The van der Waals surface area contributed by atoms with Crippen molar-refractivity contribution in [1.29, 1.82) is 0 Å². The first-order chi connectivity index (χ1) is 17.3. The molecule has 5 rings (SSSR count). The highest BCUT2D eigenvalue weighted by Gasteiger charge is 2.31. The highest BCUT2D eigenvalue weighted by Crippen LogP contribution is 2.38. The van der Waals surface area contributed by atoms with E-state index in [1.807, 2.05) is 16.6 Å². The molecule has 1 saturated carbocycles. The molecule has 3 aromatic heterocycles. The molecule has 0 bridgehead atoms. The molecule has 1 aliphatic heterocycles. The number of pyridine rings is 1. The number of nitrogens with zero attached hydrogens (tertiary/aromatic N) is 5. The van der Waals surface area contributed by atoms with Crippen molar-refractivity contribution in [1.82, 2.24) is 19.6 Å². The van der Waals surface area contributed by atoms with Crippen LogP contribution in [0.2, 0.25) is 0 Å². The Balaban J connectivity index is 1.52. The number of hydrogen-bond donors (Lipinski definition) is 2. The van der Waals surface area contributed by atoms with E-state index in [4.69, 9.17) is 4.74 Å². The molecule has 0 radical (unpaired) electrons. The molecule has 1 atom stereocenters. The largest absolute Gasteiger partial charge is 0.393 e. The lowest BCUT2D eigenvalue weighted by Crippen LogP contribution is -2.36. The molecule has 3 aromatic rings. The maximum Gasteiger partial charge on any atom is 0.391 e. The third-order valence-corrected chi connectivity index (χ3v) is 6.96. The van der Waals surface area contributed by atoms with Crippen LogP contribution in [0.25, 0.3) is 16.6 Å². The van der Waals surface area contributed by atoms with E-state index in [-0.39, 0.29) is 18.0 Å². The predicted octanol–water partition coefficient (Wildman–Crippen LogP) is 4.40. The Morgan fingerprint density at radius 1 is 1.14 bits per heavy atom. The van der Waals surface area contributed by atoms with E-state index >= 15 is 0 Å². The van der Waals surface area contributed by atoms with Crippen LogP contribution in [0.1, 0.15) is 50.6 Å². The molecule has 2 aliphatic rings. The van der Waals surface area contributed by atoms with Crippen molar-refractivity contribution in [2.45, 2.75) is 63.3 Å². The minimum absolute atomic E-state index is 0.155. The van der Waals surface area contributed by atoms with E-state index in [2.05, 4.69) is 31.3 Å². The summed E-state index contributed by atoms with van der Waals surface area (Å²) >= 11 is 0. The van der Waals surface area contributed by atoms with Crippen LogP contribution in [0.5, 0.6) is 0 Å². The number of aromatic nitrogens is 4. The number of anilines is 2. The van der Waals surface area contributed by atoms with E-state index in [1.54, 1.807) is 12.4 Å². The molecule has 0 spiro atoms. The van der Waals surface area contributed by atoms with Gasteiger partial charge in [0, 0.05) is 42.5 Å². The van der Waals surface area contributed by atoms with Gasteiger partial charge in [-0.25, -0.2) is 14.5 Å². The zero-order valence-electron chi connectivity index (χ0n) is 20.2. The molecular weight excluding hydrogens is 473 g/mol. The number of ether oxygens (including phenoxy) is 1. The summed E-state index contributed by atoms with van der Waals surface area (Å²) in [6, 6.07) is 5.24. The Morgan fingerprint density at radius 2 is 1.89 bits per heavy atom. The third-order valence-electron chi connectivity index (χ3n) is 6.96. The Kier molecular flexibility index (Phi) is 7.03. The van der Waals surface area contributed by atoms with Gasteiger partial charge in [0.1, 0.15) is 5.82 Å². The molecule has 11 heteroatoms. The van der Waals surface area contributed by atoms with Crippen LogP contribution >= 0.6 is 0 Å². The Bertz CT molecular complexity index is 1190. The fourth-order valence-electron chi connectivity index (χ4n) is 5.14. The van der Waals surface area contributed by atoms with Crippen LogP contribution in [0, 0.1) is 0 Å². The van der Waals surface area contributed by atoms with Crippen molar-refractivity contribution in [3.8, 4) is 11.1 Å². The van der Waals surface area contributed by atoms with Crippen LogP contribution in [-0.4, -0.2) is 69.3 Å². The summed E-state index contributed by atoms with van der Waals surface area (Å²) in [7, 11) is 0. The van der Waals surface area contributed by atoms with Crippen LogP contribution in [0.3, 0.4) is 0 Å². The lowest BCUT2D eigenvalue weighted by atomic mass is 9.85. The smallest absolute Gasteiger partial charge is 0.391 e. The average molecular weight is 505 g/mol. The number of fused-ring (bicyclic) bond motifs is 1. The molecule has 194 valence electrons. The number of aliphatic hydroxyl groups is 1. The second kappa shape index (κ2) is 10.2. The van der Waals surface area contributed by atoms with Crippen molar-refractivity contribution < 1.29 is 23.0 Å². The summed E-state index contributed by atoms with van der Waals surface area (Å²) in [5.41, 5.74) is 3.68. The molecule has 1 aliphatic carbocycles. The molecule has 0 amide bonds. The monoisotopic (exact) mass is 504 g/mol. The third kappa shape index (κ3) is 5.57. The van der Waals surface area contributed by atoms with Gasteiger partial charge in [-0.1, -0.05) is 0 Å². The Hall–Kier alpha value is -2.92. The first kappa shape index (κ1) is 24.8. The van der Waals surface area contributed by atoms with E-state index in [9.17, 15) is 18.3 Å². The van der Waals surface area contributed by atoms with Gasteiger partial charge >= 0.3 is 6.18 Å². The summed E-state index contributed by atoms with van der Waals surface area (Å²) in [6.07, 6.45) is 0.976. The summed E-state index contributed by atoms with van der Waals surface area (Å²) in [5.74, 6) is 1.21. The topological polar surface area (TPSA) is 87.8 Å². The van der Waals surface area contributed by atoms with Crippen molar-refractivity contribution in [3.63, 3.8) is 0 Å². The zero-order chi connectivity index (χ0) is 25.3. The lowest BCUT2D eigenvalue weighted by molar-refractivity contribution is -0.136. The molecule has 4 heterocycles. The highest BCUT2D eigenvalue weighted by atomic mass is 19.4. The fourth-order valence-corrected chi connectivity index (χ4v) is 5.14. The van der Waals surface area contributed by atoms with Gasteiger partial charge in [0.2, 0.25) is 5.95 Å². The molecule has 36 heavy (non-hydrogen) atoms. The number of aliphatic hydroxyl groups excluding tert-OH is 1. The van der Waals surface area contributed by atoms with E-state index in [1.165, 1.54) is 6.92 Å². The molecular formula is C25H31F3N6O2. The van der Waals surface area contributed by atoms with Gasteiger partial charge in [0.15, 0.2) is 0 Å². The second-order valence-corrected chi connectivity index (χ2v) is 9.73. The zero-order valence-corrected chi connectivity index (χ0v) is 20.2. The van der Waals surface area contributed by atoms with Gasteiger partial charge in [-0.3, -0.25) is 0 Å². The van der Waals surface area contributed by atoms with Crippen molar-refractivity contribution in [2.24, 2.45) is 0 Å².